The molecule has 2 rings (SSSR count). The summed E-state index contributed by atoms with van der Waals surface area (Å²) < 4.78 is 0. The van der Waals surface area contributed by atoms with Gasteiger partial charge in [0.05, 0.1) is 5.69 Å². The summed E-state index contributed by atoms with van der Waals surface area (Å²) >= 11 is 0. The van der Waals surface area contributed by atoms with Crippen LogP contribution in [0.25, 0.3) is 0 Å². The van der Waals surface area contributed by atoms with Crippen molar-refractivity contribution in [3.05, 3.63) is 30.3 Å². The lowest BCUT2D eigenvalue weighted by Gasteiger charge is -2.30. The monoisotopic (exact) mass is 274 g/mol. The number of hydrazine groups is 1. The van der Waals surface area contributed by atoms with Crippen molar-refractivity contribution in [1.82, 2.24) is 5.01 Å². The molecule has 0 bridgehead atoms. The van der Waals surface area contributed by atoms with Crippen LogP contribution in [0.1, 0.15) is 33.6 Å². The molecular formula is C16H22N2O2. The van der Waals surface area contributed by atoms with Gasteiger partial charge in [-0.05, 0) is 24.5 Å². The molecule has 1 aromatic rings. The Kier molecular flexibility index (Phi) is 4.42. The van der Waals surface area contributed by atoms with Crippen molar-refractivity contribution < 1.29 is 9.59 Å². The second-order valence-corrected chi connectivity index (χ2v) is 5.78. The summed E-state index contributed by atoms with van der Waals surface area (Å²) in [6, 6.07) is 9.60. The van der Waals surface area contributed by atoms with E-state index in [1.54, 1.807) is 5.01 Å². The molecule has 0 spiro atoms. The number of hydrogen-bond donors (Lipinski definition) is 0. The highest BCUT2D eigenvalue weighted by Crippen LogP contribution is 2.25. The topological polar surface area (TPSA) is 40.6 Å². The molecular weight excluding hydrogens is 252 g/mol. The smallest absolute Gasteiger partial charge is 0.251 e. The normalized spacial score (nSPS) is 16.9. The second-order valence-electron chi connectivity index (χ2n) is 5.78. The maximum Gasteiger partial charge on any atom is 0.251 e. The molecule has 1 aliphatic heterocycles. The quantitative estimate of drug-likeness (QED) is 0.847. The number of hydrogen-bond acceptors (Lipinski definition) is 3. The second kappa shape index (κ2) is 6.07. The van der Waals surface area contributed by atoms with E-state index in [0.29, 0.717) is 18.9 Å². The Balaban J connectivity index is 2.19. The first-order valence-electron chi connectivity index (χ1n) is 7.20. The van der Waals surface area contributed by atoms with Crippen molar-refractivity contribution in [2.45, 2.75) is 33.6 Å². The van der Waals surface area contributed by atoms with Crippen LogP contribution in [0.4, 0.5) is 5.69 Å². The van der Waals surface area contributed by atoms with Gasteiger partial charge in [0.15, 0.2) is 0 Å². The van der Waals surface area contributed by atoms with Gasteiger partial charge in [0.25, 0.3) is 5.91 Å². The van der Waals surface area contributed by atoms with Crippen LogP contribution in [0.15, 0.2) is 30.3 Å². The van der Waals surface area contributed by atoms with E-state index < -0.39 is 0 Å². The number of imide groups is 1. The van der Waals surface area contributed by atoms with Crippen molar-refractivity contribution in [3.8, 4) is 0 Å². The van der Waals surface area contributed by atoms with E-state index >= 15 is 0 Å². The van der Waals surface area contributed by atoms with Gasteiger partial charge in [-0.2, -0.15) is 5.01 Å². The van der Waals surface area contributed by atoms with Gasteiger partial charge in [-0.25, -0.2) is 0 Å². The third-order valence-corrected chi connectivity index (χ3v) is 3.52. The number of amides is 2. The van der Waals surface area contributed by atoms with E-state index in [1.165, 1.54) is 5.01 Å². The van der Waals surface area contributed by atoms with Crippen LogP contribution in [-0.4, -0.2) is 23.4 Å². The van der Waals surface area contributed by atoms with E-state index in [-0.39, 0.29) is 17.7 Å². The lowest BCUT2D eigenvalue weighted by atomic mass is 9.98. The van der Waals surface area contributed by atoms with E-state index in [4.69, 9.17) is 0 Å². The van der Waals surface area contributed by atoms with Crippen LogP contribution in [0.3, 0.4) is 0 Å². The minimum absolute atomic E-state index is 0.0925. The van der Waals surface area contributed by atoms with Gasteiger partial charge in [-0.15, -0.1) is 0 Å². The Bertz CT molecular complexity index is 485. The summed E-state index contributed by atoms with van der Waals surface area (Å²) in [5.74, 6) is 0.111. The Labute approximate surface area is 120 Å². The molecule has 1 fully saturated rings. The zero-order valence-corrected chi connectivity index (χ0v) is 12.4. The molecule has 2 amide bonds. The van der Waals surface area contributed by atoms with Gasteiger partial charge in [-0.3, -0.25) is 14.6 Å². The lowest BCUT2D eigenvalue weighted by molar-refractivity contribution is -0.145. The number of rotatable bonds is 4. The van der Waals surface area contributed by atoms with Crippen LogP contribution < -0.4 is 5.01 Å². The predicted molar refractivity (Wildman–Crippen MR) is 78.9 cm³/mol. The molecule has 0 N–H and O–H groups in total. The fraction of sp³-hybridized carbons (Fsp3) is 0.500. The molecule has 0 aliphatic carbocycles. The fourth-order valence-electron chi connectivity index (χ4n) is 2.65. The van der Waals surface area contributed by atoms with Crippen LogP contribution in [0.5, 0.6) is 0 Å². The van der Waals surface area contributed by atoms with Crippen molar-refractivity contribution in [3.63, 3.8) is 0 Å². The minimum Gasteiger partial charge on any atom is -0.275 e. The van der Waals surface area contributed by atoms with Crippen molar-refractivity contribution in [1.29, 1.82) is 0 Å². The first-order chi connectivity index (χ1) is 9.50. The number of nitrogens with zero attached hydrogens (tertiary/aromatic N) is 2. The summed E-state index contributed by atoms with van der Waals surface area (Å²) in [6.45, 7) is 6.65. The zero-order chi connectivity index (χ0) is 14.7. The molecule has 1 aromatic carbocycles. The summed E-state index contributed by atoms with van der Waals surface area (Å²) in [6.07, 6.45) is 1.19. The first-order valence-corrected chi connectivity index (χ1v) is 7.20. The molecule has 1 heterocycles. The Hall–Kier alpha value is -1.84. The maximum atomic E-state index is 12.5. The maximum absolute atomic E-state index is 12.5. The Morgan fingerprint density at radius 2 is 1.85 bits per heavy atom. The number of para-hydroxylation sites is 1. The van der Waals surface area contributed by atoms with Crippen molar-refractivity contribution in [2.24, 2.45) is 11.8 Å². The Morgan fingerprint density at radius 3 is 2.45 bits per heavy atom. The number of carbonyl (C=O) groups excluding carboxylic acids is 2. The van der Waals surface area contributed by atoms with E-state index in [0.717, 1.165) is 12.1 Å². The molecule has 108 valence electrons. The van der Waals surface area contributed by atoms with Gasteiger partial charge in [0.2, 0.25) is 5.91 Å². The first kappa shape index (κ1) is 14.6. The number of benzene rings is 1. The average Bonchev–Trinajstić information content (AvgIpc) is 2.80. The van der Waals surface area contributed by atoms with Crippen LogP contribution >= 0.6 is 0 Å². The highest BCUT2D eigenvalue weighted by Gasteiger charge is 2.36. The van der Waals surface area contributed by atoms with Gasteiger partial charge >= 0.3 is 0 Å². The Morgan fingerprint density at radius 1 is 1.20 bits per heavy atom. The van der Waals surface area contributed by atoms with Crippen molar-refractivity contribution in [2.75, 3.05) is 11.6 Å². The highest BCUT2D eigenvalue weighted by atomic mass is 16.2. The zero-order valence-electron chi connectivity index (χ0n) is 12.4. The largest absolute Gasteiger partial charge is 0.275 e. The van der Waals surface area contributed by atoms with Gasteiger partial charge in [0.1, 0.15) is 0 Å². The summed E-state index contributed by atoms with van der Waals surface area (Å²) in [4.78, 5) is 24.6. The molecule has 20 heavy (non-hydrogen) atoms. The van der Waals surface area contributed by atoms with Crippen LogP contribution in [0, 0.1) is 11.8 Å². The molecule has 0 unspecified atom stereocenters. The molecule has 1 saturated heterocycles. The third-order valence-electron chi connectivity index (χ3n) is 3.52. The SMILES string of the molecule is CC(C)C[C@H](C)C(=O)N1C(=O)CCN1c1ccccc1. The van der Waals surface area contributed by atoms with Gasteiger partial charge < -0.3 is 0 Å². The summed E-state index contributed by atoms with van der Waals surface area (Å²) in [7, 11) is 0. The molecule has 0 saturated carbocycles. The number of carbonyl (C=O) groups is 2. The van der Waals surface area contributed by atoms with E-state index in [1.807, 2.05) is 37.3 Å². The fourth-order valence-corrected chi connectivity index (χ4v) is 2.65. The van der Waals surface area contributed by atoms with E-state index in [2.05, 4.69) is 13.8 Å². The van der Waals surface area contributed by atoms with E-state index in [9.17, 15) is 9.59 Å². The lowest BCUT2D eigenvalue weighted by Crippen LogP contribution is -2.46. The number of anilines is 1. The minimum atomic E-state index is -0.136. The molecule has 4 heteroatoms. The third kappa shape index (κ3) is 3.00. The molecule has 4 nitrogen and oxygen atoms in total. The molecule has 0 radical (unpaired) electrons. The standard InChI is InChI=1S/C16H22N2O2/c1-12(2)11-13(3)16(20)18-15(19)9-10-17(18)14-7-5-4-6-8-14/h4-8,12-13H,9-11H2,1-3H3/t13-/m0/s1. The summed E-state index contributed by atoms with van der Waals surface area (Å²) in [5.41, 5.74) is 0.892. The molecule has 1 atom stereocenters. The van der Waals surface area contributed by atoms with Crippen molar-refractivity contribution >= 4 is 17.5 Å². The van der Waals surface area contributed by atoms with Gasteiger partial charge in [-0.1, -0.05) is 39.0 Å². The highest BCUT2D eigenvalue weighted by molar-refractivity contribution is 5.99. The van der Waals surface area contributed by atoms with Crippen LogP contribution in [-0.2, 0) is 9.59 Å². The average molecular weight is 274 g/mol. The molecule has 1 aliphatic rings. The predicted octanol–water partition coefficient (Wildman–Crippen LogP) is 2.85. The summed E-state index contributed by atoms with van der Waals surface area (Å²) in [5, 5.41) is 3.13. The van der Waals surface area contributed by atoms with Gasteiger partial charge in [0, 0.05) is 18.9 Å². The van der Waals surface area contributed by atoms with Crippen LogP contribution in [0.2, 0.25) is 0 Å². The molecule has 0 aromatic heterocycles.